The van der Waals surface area contributed by atoms with Crippen molar-refractivity contribution in [2.75, 3.05) is 0 Å². The molecule has 8 bridgehead atoms. The third-order valence-electron chi connectivity index (χ3n) is 9.89. The summed E-state index contributed by atoms with van der Waals surface area (Å²) >= 11 is 0. The normalized spacial score (nSPS) is 15.0. The van der Waals surface area contributed by atoms with E-state index in [-0.39, 0.29) is 99.5 Å². The lowest BCUT2D eigenvalue weighted by atomic mass is 9.96. The van der Waals surface area contributed by atoms with Crippen LogP contribution in [0.25, 0.3) is 0 Å². The second-order valence-electron chi connectivity index (χ2n) is 15.3. The Hall–Kier alpha value is -4.08. The molecule has 0 fully saturated rings. The van der Waals surface area contributed by atoms with E-state index in [2.05, 4.69) is 55.4 Å². The van der Waals surface area contributed by atoms with Crippen molar-refractivity contribution >= 4 is 0 Å². The van der Waals surface area contributed by atoms with E-state index in [1.807, 2.05) is 48.5 Å². The van der Waals surface area contributed by atoms with Gasteiger partial charge in [0.2, 0.25) is 0 Å². The van der Waals surface area contributed by atoms with Crippen molar-refractivity contribution in [2.24, 2.45) is 0 Å². The molecule has 4 aromatic carbocycles. The standard InChI is InChI=1S/C44H56O8/c1-25(2)29-9-33-17-49-19-35-11-30(26(3)4)13-37(42(35)46)21-51-23-39-15-32(28(7)8)16-40(44(39)48)24-52-22-38-14-31(27(5)6)12-36(43(38)47)20-50-18-34(10-29)41(33)45/h9-16,25-28,45-48H,17-24H2,1-8H3. The van der Waals surface area contributed by atoms with Crippen LogP contribution < -0.4 is 0 Å². The zero-order valence-electron chi connectivity index (χ0n) is 32.0. The number of rotatable bonds is 4. The molecule has 8 nitrogen and oxygen atoms in total. The van der Waals surface area contributed by atoms with Crippen molar-refractivity contribution in [3.8, 4) is 23.0 Å². The predicted molar refractivity (Wildman–Crippen MR) is 203 cm³/mol. The Morgan fingerprint density at radius 3 is 0.558 bits per heavy atom. The molecular formula is C44H56O8. The van der Waals surface area contributed by atoms with Gasteiger partial charge in [0.1, 0.15) is 23.0 Å². The Bertz CT molecular complexity index is 1490. The highest BCUT2D eigenvalue weighted by Crippen LogP contribution is 2.36. The first-order chi connectivity index (χ1) is 24.7. The molecule has 0 amide bonds. The molecule has 8 heteroatoms. The zero-order valence-corrected chi connectivity index (χ0v) is 32.0. The number of aromatic hydroxyl groups is 4. The van der Waals surface area contributed by atoms with Crippen LogP contribution in [0.15, 0.2) is 48.5 Å². The van der Waals surface area contributed by atoms with Crippen LogP contribution in [0.1, 0.15) is 146 Å². The van der Waals surface area contributed by atoms with Crippen molar-refractivity contribution in [3.05, 3.63) is 115 Å². The van der Waals surface area contributed by atoms with E-state index in [0.29, 0.717) is 44.5 Å². The van der Waals surface area contributed by atoms with Gasteiger partial charge in [-0.15, -0.1) is 0 Å². The lowest BCUT2D eigenvalue weighted by Gasteiger charge is -2.19. The molecule has 0 spiro atoms. The molecule has 0 saturated heterocycles. The molecule has 0 aromatic heterocycles. The van der Waals surface area contributed by atoms with Gasteiger partial charge in [-0.25, -0.2) is 0 Å². The van der Waals surface area contributed by atoms with Crippen molar-refractivity contribution < 1.29 is 39.4 Å². The van der Waals surface area contributed by atoms with E-state index in [1.54, 1.807) is 0 Å². The monoisotopic (exact) mass is 712 g/mol. The summed E-state index contributed by atoms with van der Waals surface area (Å²) in [5.74, 6) is 1.23. The molecule has 280 valence electrons. The average molecular weight is 713 g/mol. The number of phenolic OH excluding ortho intramolecular Hbond substituents is 4. The Balaban J connectivity index is 1.53. The highest BCUT2D eigenvalue weighted by Gasteiger charge is 2.19. The molecule has 1 aliphatic heterocycles. The van der Waals surface area contributed by atoms with Gasteiger partial charge in [-0.05, 0) is 94.5 Å². The largest absolute Gasteiger partial charge is 0.507 e. The summed E-state index contributed by atoms with van der Waals surface area (Å²) < 4.78 is 24.7. The minimum atomic E-state index is 0.106. The number of ether oxygens (including phenoxy) is 4. The fourth-order valence-corrected chi connectivity index (χ4v) is 6.45. The fraction of sp³-hybridized carbons (Fsp3) is 0.455. The van der Waals surface area contributed by atoms with Crippen molar-refractivity contribution in [1.29, 1.82) is 0 Å². The average Bonchev–Trinajstić information content (AvgIpc) is 3.09. The molecule has 52 heavy (non-hydrogen) atoms. The number of hydrogen-bond donors (Lipinski definition) is 4. The SMILES string of the molecule is CC(C)c1cc2c(O)c(c1)COCc1cc(C(C)C)cc(c1O)COCc1cc(C(C)C)cc(c1O)COCc1cc(C(C)C)cc(c1O)COC2. The second kappa shape index (κ2) is 17.2. The highest BCUT2D eigenvalue weighted by atomic mass is 16.5. The van der Waals surface area contributed by atoms with Crippen LogP contribution in [0, 0.1) is 0 Å². The molecule has 4 aromatic rings. The molecule has 0 aliphatic carbocycles. The van der Waals surface area contributed by atoms with Gasteiger partial charge in [-0.3, -0.25) is 0 Å². The molecule has 1 heterocycles. The number of hydrogen-bond acceptors (Lipinski definition) is 8. The van der Waals surface area contributed by atoms with Crippen LogP contribution in [0.2, 0.25) is 0 Å². The Labute approximate surface area is 309 Å². The maximum atomic E-state index is 11.4. The Morgan fingerprint density at radius 1 is 0.308 bits per heavy atom. The molecule has 5 rings (SSSR count). The summed E-state index contributed by atoms with van der Waals surface area (Å²) in [6.07, 6.45) is 0. The van der Waals surface area contributed by atoms with E-state index in [9.17, 15) is 20.4 Å². The van der Waals surface area contributed by atoms with Gasteiger partial charge >= 0.3 is 0 Å². The minimum absolute atomic E-state index is 0.106. The van der Waals surface area contributed by atoms with E-state index in [0.717, 1.165) is 22.3 Å². The Morgan fingerprint density at radius 2 is 0.442 bits per heavy atom. The van der Waals surface area contributed by atoms with Gasteiger partial charge in [-0.2, -0.15) is 0 Å². The molecule has 0 saturated carbocycles. The van der Waals surface area contributed by atoms with E-state index in [4.69, 9.17) is 18.9 Å². The highest BCUT2D eigenvalue weighted by molar-refractivity contribution is 5.48. The Kier molecular flexibility index (Phi) is 12.9. The first-order valence-electron chi connectivity index (χ1n) is 18.4. The van der Waals surface area contributed by atoms with Gasteiger partial charge in [0.05, 0.1) is 52.9 Å². The summed E-state index contributed by atoms with van der Waals surface area (Å²) in [4.78, 5) is 0. The summed E-state index contributed by atoms with van der Waals surface area (Å²) in [5, 5.41) is 45.4. The molecule has 0 atom stereocenters. The molecule has 4 N–H and O–H groups in total. The topological polar surface area (TPSA) is 118 Å². The summed E-state index contributed by atoms with van der Waals surface area (Å²) in [6, 6.07) is 15.6. The van der Waals surface area contributed by atoms with Crippen LogP contribution in [-0.4, -0.2) is 20.4 Å². The summed E-state index contributed by atoms with van der Waals surface area (Å²) in [5.41, 5.74) is 9.24. The van der Waals surface area contributed by atoms with Gasteiger partial charge in [0.25, 0.3) is 0 Å². The third-order valence-corrected chi connectivity index (χ3v) is 9.89. The van der Waals surface area contributed by atoms with Crippen molar-refractivity contribution in [3.63, 3.8) is 0 Å². The minimum Gasteiger partial charge on any atom is -0.507 e. The molecule has 0 unspecified atom stereocenters. The van der Waals surface area contributed by atoms with E-state index < -0.39 is 0 Å². The van der Waals surface area contributed by atoms with Crippen LogP contribution in [0.3, 0.4) is 0 Å². The van der Waals surface area contributed by atoms with Gasteiger partial charge in [0.15, 0.2) is 0 Å². The zero-order chi connectivity index (χ0) is 37.7. The first kappa shape index (κ1) is 39.1. The lowest BCUT2D eigenvalue weighted by molar-refractivity contribution is 0.0930. The summed E-state index contributed by atoms with van der Waals surface area (Å²) in [6.45, 7) is 17.8. The van der Waals surface area contributed by atoms with E-state index in [1.165, 1.54) is 0 Å². The maximum absolute atomic E-state index is 11.4. The van der Waals surface area contributed by atoms with Gasteiger partial charge in [0, 0.05) is 44.5 Å². The van der Waals surface area contributed by atoms with Gasteiger partial charge < -0.3 is 39.4 Å². The first-order valence-corrected chi connectivity index (χ1v) is 18.4. The van der Waals surface area contributed by atoms with Crippen molar-refractivity contribution in [2.45, 2.75) is 132 Å². The lowest BCUT2D eigenvalue weighted by Crippen LogP contribution is -2.05. The second-order valence-corrected chi connectivity index (χ2v) is 15.3. The van der Waals surface area contributed by atoms with Gasteiger partial charge in [-0.1, -0.05) is 55.4 Å². The molecule has 1 aliphatic rings. The van der Waals surface area contributed by atoms with Crippen LogP contribution in [0.5, 0.6) is 23.0 Å². The number of benzene rings is 4. The van der Waals surface area contributed by atoms with Crippen LogP contribution in [-0.2, 0) is 71.8 Å². The smallest absolute Gasteiger partial charge is 0.126 e. The van der Waals surface area contributed by atoms with Crippen LogP contribution in [0.4, 0.5) is 0 Å². The number of fused-ring (bicyclic) bond motifs is 8. The summed E-state index contributed by atoms with van der Waals surface area (Å²) in [7, 11) is 0. The fourth-order valence-electron chi connectivity index (χ4n) is 6.45. The quantitative estimate of drug-likeness (QED) is 0.165. The molecular weight excluding hydrogens is 656 g/mol. The number of phenols is 4. The third kappa shape index (κ3) is 9.28. The molecule has 0 radical (unpaired) electrons. The van der Waals surface area contributed by atoms with E-state index >= 15 is 0 Å². The predicted octanol–water partition coefficient (Wildman–Crippen LogP) is 10.2. The maximum Gasteiger partial charge on any atom is 0.126 e. The van der Waals surface area contributed by atoms with Crippen molar-refractivity contribution in [1.82, 2.24) is 0 Å². The van der Waals surface area contributed by atoms with Crippen LogP contribution >= 0.6 is 0 Å².